The lowest BCUT2D eigenvalue weighted by Crippen LogP contribution is -2.27. The Balaban J connectivity index is 2.88. The summed E-state index contributed by atoms with van der Waals surface area (Å²) in [5.74, 6) is 0.0284. The average Bonchev–Trinajstić information content (AvgIpc) is 2.17. The number of phenols is 1. The summed E-state index contributed by atoms with van der Waals surface area (Å²) < 4.78 is 5.11. The van der Waals surface area contributed by atoms with E-state index in [1.54, 1.807) is 27.7 Å². The van der Waals surface area contributed by atoms with Gasteiger partial charge in [0.15, 0.2) is 0 Å². The molecular formula is C13H19NO4. The van der Waals surface area contributed by atoms with Crippen molar-refractivity contribution in [3.63, 3.8) is 0 Å². The number of aromatic hydroxyl groups is 1. The number of phenolic OH excluding ortho intramolecular Hbond substituents is 1. The molecule has 0 aliphatic heterocycles. The highest BCUT2D eigenvalue weighted by atomic mass is 16.6. The molecule has 18 heavy (non-hydrogen) atoms. The van der Waals surface area contributed by atoms with Gasteiger partial charge in [0.05, 0.1) is 11.8 Å². The summed E-state index contributed by atoms with van der Waals surface area (Å²) in [4.78, 5) is 11.6. The minimum absolute atomic E-state index is 0.0284. The van der Waals surface area contributed by atoms with Crippen LogP contribution in [0.3, 0.4) is 0 Å². The van der Waals surface area contributed by atoms with E-state index in [4.69, 9.17) is 4.74 Å². The van der Waals surface area contributed by atoms with E-state index < -0.39 is 17.8 Å². The number of anilines is 1. The number of carbonyl (C=O) groups excluding carboxylic acids is 1. The maximum absolute atomic E-state index is 11.6. The van der Waals surface area contributed by atoms with Crippen LogP contribution >= 0.6 is 0 Å². The van der Waals surface area contributed by atoms with Crippen molar-refractivity contribution in [2.45, 2.75) is 39.4 Å². The second kappa shape index (κ2) is 5.27. The molecule has 0 aromatic heterocycles. The van der Waals surface area contributed by atoms with E-state index >= 15 is 0 Å². The lowest BCUT2D eigenvalue weighted by molar-refractivity contribution is 0.0635. The monoisotopic (exact) mass is 253 g/mol. The first-order valence-electron chi connectivity index (χ1n) is 5.70. The standard InChI is InChI=1S/C13H19NO4/c1-8(15)10-7-9(16)5-6-11(10)14-12(17)18-13(2,3)4/h5-8,15-16H,1-4H3,(H,14,17)/t8-/m1/s1. The number of ether oxygens (including phenoxy) is 1. The van der Waals surface area contributed by atoms with Crippen LogP contribution in [0.1, 0.15) is 39.4 Å². The number of nitrogens with one attached hydrogen (secondary N) is 1. The first kappa shape index (κ1) is 14.3. The number of hydrogen-bond acceptors (Lipinski definition) is 4. The van der Waals surface area contributed by atoms with Crippen molar-refractivity contribution < 1.29 is 19.7 Å². The van der Waals surface area contributed by atoms with E-state index in [9.17, 15) is 15.0 Å². The van der Waals surface area contributed by atoms with Gasteiger partial charge in [-0.3, -0.25) is 5.32 Å². The topological polar surface area (TPSA) is 78.8 Å². The van der Waals surface area contributed by atoms with E-state index in [0.29, 0.717) is 11.3 Å². The predicted molar refractivity (Wildman–Crippen MR) is 68.6 cm³/mol. The Hall–Kier alpha value is -1.75. The molecule has 5 heteroatoms. The van der Waals surface area contributed by atoms with Crippen LogP contribution in [0, 0.1) is 0 Å². The second-order valence-corrected chi connectivity index (χ2v) is 5.07. The summed E-state index contributed by atoms with van der Waals surface area (Å²) in [6.07, 6.45) is -1.41. The lowest BCUT2D eigenvalue weighted by Gasteiger charge is -2.21. The molecule has 0 spiro atoms. The molecule has 1 rings (SSSR count). The molecular weight excluding hydrogens is 234 g/mol. The molecule has 1 atom stereocenters. The zero-order valence-corrected chi connectivity index (χ0v) is 11.0. The third-order valence-electron chi connectivity index (χ3n) is 2.12. The summed E-state index contributed by atoms with van der Waals surface area (Å²) >= 11 is 0. The fourth-order valence-corrected chi connectivity index (χ4v) is 1.42. The van der Waals surface area contributed by atoms with Crippen LogP contribution in [0.4, 0.5) is 10.5 Å². The number of hydrogen-bond donors (Lipinski definition) is 3. The van der Waals surface area contributed by atoms with Crippen LogP contribution in [0.2, 0.25) is 0 Å². The number of carbonyl (C=O) groups is 1. The van der Waals surface area contributed by atoms with Crippen LogP contribution in [0.15, 0.2) is 18.2 Å². The highest BCUT2D eigenvalue weighted by molar-refractivity contribution is 5.86. The second-order valence-electron chi connectivity index (χ2n) is 5.07. The first-order chi connectivity index (χ1) is 8.19. The van der Waals surface area contributed by atoms with Crippen molar-refractivity contribution in [2.24, 2.45) is 0 Å². The van der Waals surface area contributed by atoms with E-state index in [-0.39, 0.29) is 5.75 Å². The Labute approximate surface area is 106 Å². The van der Waals surface area contributed by atoms with Crippen LogP contribution in [0.5, 0.6) is 5.75 Å². The molecule has 0 saturated carbocycles. The van der Waals surface area contributed by atoms with Crippen molar-refractivity contribution >= 4 is 11.8 Å². The van der Waals surface area contributed by atoms with Crippen molar-refractivity contribution in [2.75, 3.05) is 5.32 Å². The van der Waals surface area contributed by atoms with Gasteiger partial charge in [-0.25, -0.2) is 4.79 Å². The molecule has 0 saturated heterocycles. The van der Waals surface area contributed by atoms with Gasteiger partial charge in [0.1, 0.15) is 11.4 Å². The Morgan fingerprint density at radius 2 is 2.00 bits per heavy atom. The number of rotatable bonds is 2. The summed E-state index contributed by atoms with van der Waals surface area (Å²) in [7, 11) is 0. The molecule has 0 aliphatic rings. The zero-order valence-electron chi connectivity index (χ0n) is 11.0. The number of benzene rings is 1. The van der Waals surface area contributed by atoms with Gasteiger partial charge in [-0.05, 0) is 45.9 Å². The molecule has 0 heterocycles. The molecule has 0 bridgehead atoms. The molecule has 1 amide bonds. The van der Waals surface area contributed by atoms with Gasteiger partial charge < -0.3 is 14.9 Å². The molecule has 0 unspecified atom stereocenters. The fourth-order valence-electron chi connectivity index (χ4n) is 1.42. The summed E-state index contributed by atoms with van der Waals surface area (Å²) in [6.45, 7) is 6.84. The SMILES string of the molecule is C[C@@H](O)c1cc(O)ccc1NC(=O)OC(C)(C)C. The maximum atomic E-state index is 11.6. The van der Waals surface area contributed by atoms with Gasteiger partial charge in [0.25, 0.3) is 0 Å². The van der Waals surface area contributed by atoms with E-state index in [1.165, 1.54) is 18.2 Å². The largest absolute Gasteiger partial charge is 0.508 e. The molecule has 0 aliphatic carbocycles. The fraction of sp³-hybridized carbons (Fsp3) is 0.462. The lowest BCUT2D eigenvalue weighted by atomic mass is 10.1. The van der Waals surface area contributed by atoms with Crippen molar-refractivity contribution in [3.05, 3.63) is 23.8 Å². The third kappa shape index (κ3) is 4.25. The molecule has 1 aromatic carbocycles. The van der Waals surface area contributed by atoms with Gasteiger partial charge in [0, 0.05) is 5.56 Å². The van der Waals surface area contributed by atoms with E-state index in [2.05, 4.69) is 5.32 Å². The molecule has 3 N–H and O–H groups in total. The Morgan fingerprint density at radius 1 is 1.39 bits per heavy atom. The Bertz CT molecular complexity index is 435. The minimum atomic E-state index is -0.804. The highest BCUT2D eigenvalue weighted by Gasteiger charge is 2.18. The van der Waals surface area contributed by atoms with Crippen LogP contribution < -0.4 is 5.32 Å². The summed E-state index contributed by atoms with van der Waals surface area (Å²) in [6, 6.07) is 4.34. The van der Waals surface area contributed by atoms with E-state index in [0.717, 1.165) is 0 Å². The molecule has 100 valence electrons. The number of amides is 1. The molecule has 0 radical (unpaired) electrons. The first-order valence-corrected chi connectivity index (χ1v) is 5.70. The highest BCUT2D eigenvalue weighted by Crippen LogP contribution is 2.27. The average molecular weight is 253 g/mol. The molecule has 0 fully saturated rings. The quantitative estimate of drug-likeness (QED) is 0.708. The molecule has 5 nitrogen and oxygen atoms in total. The van der Waals surface area contributed by atoms with Gasteiger partial charge in [-0.15, -0.1) is 0 Å². The van der Waals surface area contributed by atoms with Gasteiger partial charge >= 0.3 is 6.09 Å². The van der Waals surface area contributed by atoms with Gasteiger partial charge in [-0.2, -0.15) is 0 Å². The van der Waals surface area contributed by atoms with Crippen molar-refractivity contribution in [1.29, 1.82) is 0 Å². The van der Waals surface area contributed by atoms with E-state index in [1.807, 2.05) is 0 Å². The Morgan fingerprint density at radius 3 is 2.50 bits per heavy atom. The van der Waals surface area contributed by atoms with Gasteiger partial charge in [0.2, 0.25) is 0 Å². The van der Waals surface area contributed by atoms with Crippen molar-refractivity contribution in [1.82, 2.24) is 0 Å². The van der Waals surface area contributed by atoms with Crippen LogP contribution in [-0.4, -0.2) is 21.9 Å². The number of aliphatic hydroxyl groups is 1. The summed E-state index contributed by atoms with van der Waals surface area (Å²) in [5.41, 5.74) is 0.254. The van der Waals surface area contributed by atoms with Crippen LogP contribution in [0.25, 0.3) is 0 Å². The zero-order chi connectivity index (χ0) is 13.9. The minimum Gasteiger partial charge on any atom is -0.508 e. The van der Waals surface area contributed by atoms with Gasteiger partial charge in [-0.1, -0.05) is 0 Å². The summed E-state index contributed by atoms with van der Waals surface area (Å²) in [5, 5.41) is 21.5. The van der Waals surface area contributed by atoms with Crippen molar-refractivity contribution in [3.8, 4) is 5.75 Å². The number of aliphatic hydroxyl groups excluding tert-OH is 1. The van der Waals surface area contributed by atoms with Crippen LogP contribution in [-0.2, 0) is 4.74 Å². The third-order valence-corrected chi connectivity index (χ3v) is 2.12. The normalized spacial score (nSPS) is 12.9. The molecule has 1 aromatic rings. The maximum Gasteiger partial charge on any atom is 0.412 e. The smallest absolute Gasteiger partial charge is 0.412 e. The predicted octanol–water partition coefficient (Wildman–Crippen LogP) is 2.79. The Kier molecular flexibility index (Phi) is 4.19.